The highest BCUT2D eigenvalue weighted by molar-refractivity contribution is 5.39. The van der Waals surface area contributed by atoms with Gasteiger partial charge in [-0.2, -0.15) is 0 Å². The molecule has 0 aliphatic heterocycles. The van der Waals surface area contributed by atoms with E-state index in [0.29, 0.717) is 19.1 Å². The highest BCUT2D eigenvalue weighted by atomic mass is 16.5. The molecule has 3 heteroatoms. The summed E-state index contributed by atoms with van der Waals surface area (Å²) in [7, 11) is 0. The Kier molecular flexibility index (Phi) is 4.88. The first kappa shape index (κ1) is 13.2. The van der Waals surface area contributed by atoms with E-state index in [0.717, 1.165) is 37.2 Å². The normalized spacial score (nSPS) is 23.0. The number of para-hydroxylation sites is 2. The van der Waals surface area contributed by atoms with Crippen LogP contribution >= 0.6 is 0 Å². The second-order valence-electron chi connectivity index (χ2n) is 4.78. The maximum atomic E-state index is 9.74. The largest absolute Gasteiger partial charge is 0.490 e. The minimum atomic E-state index is -0.129. The van der Waals surface area contributed by atoms with Crippen LogP contribution in [0, 0.1) is 5.92 Å². The van der Waals surface area contributed by atoms with Crippen LogP contribution in [-0.2, 0) is 0 Å². The maximum Gasteiger partial charge on any atom is 0.161 e. The minimum Gasteiger partial charge on any atom is -0.490 e. The Morgan fingerprint density at radius 1 is 1.17 bits per heavy atom. The lowest BCUT2D eigenvalue weighted by Gasteiger charge is -2.16. The Hall–Kier alpha value is -1.22. The first-order chi connectivity index (χ1) is 8.81. The number of rotatable bonds is 6. The van der Waals surface area contributed by atoms with Crippen molar-refractivity contribution in [1.82, 2.24) is 0 Å². The molecule has 100 valence electrons. The van der Waals surface area contributed by atoms with Crippen LogP contribution in [0.5, 0.6) is 11.5 Å². The monoisotopic (exact) mass is 250 g/mol. The second kappa shape index (κ2) is 6.64. The summed E-state index contributed by atoms with van der Waals surface area (Å²) in [6.45, 7) is 3.25. The van der Waals surface area contributed by atoms with E-state index in [2.05, 4.69) is 0 Å². The molecule has 1 fully saturated rings. The smallest absolute Gasteiger partial charge is 0.161 e. The Morgan fingerprint density at radius 2 is 1.89 bits per heavy atom. The molecule has 2 rings (SSSR count). The van der Waals surface area contributed by atoms with E-state index in [1.165, 1.54) is 0 Å². The van der Waals surface area contributed by atoms with Gasteiger partial charge in [0.05, 0.1) is 19.3 Å². The van der Waals surface area contributed by atoms with Crippen LogP contribution in [0.25, 0.3) is 0 Å². The van der Waals surface area contributed by atoms with Gasteiger partial charge in [-0.05, 0) is 44.2 Å². The highest BCUT2D eigenvalue weighted by Gasteiger charge is 2.24. The molecule has 1 aromatic carbocycles. The fraction of sp³-hybridized carbons (Fsp3) is 0.600. The predicted molar refractivity (Wildman–Crippen MR) is 71.1 cm³/mol. The summed E-state index contributed by atoms with van der Waals surface area (Å²) in [6, 6.07) is 7.74. The lowest BCUT2D eigenvalue weighted by atomic mass is 10.0. The van der Waals surface area contributed by atoms with Gasteiger partial charge in [0.25, 0.3) is 0 Å². The van der Waals surface area contributed by atoms with Crippen LogP contribution in [0.2, 0.25) is 0 Å². The van der Waals surface area contributed by atoms with Crippen molar-refractivity contribution in [1.29, 1.82) is 0 Å². The lowest BCUT2D eigenvalue weighted by Crippen LogP contribution is -2.16. The molecule has 0 radical (unpaired) electrons. The summed E-state index contributed by atoms with van der Waals surface area (Å²) in [4.78, 5) is 0. The molecule has 1 aliphatic carbocycles. The van der Waals surface area contributed by atoms with E-state index in [4.69, 9.17) is 9.47 Å². The van der Waals surface area contributed by atoms with E-state index < -0.39 is 0 Å². The number of benzene rings is 1. The average Bonchev–Trinajstić information content (AvgIpc) is 2.78. The van der Waals surface area contributed by atoms with Crippen LogP contribution in [0.4, 0.5) is 0 Å². The molecule has 0 heterocycles. The van der Waals surface area contributed by atoms with Crippen molar-refractivity contribution < 1.29 is 14.6 Å². The third-order valence-corrected chi connectivity index (χ3v) is 3.51. The zero-order chi connectivity index (χ0) is 12.8. The topological polar surface area (TPSA) is 38.7 Å². The van der Waals surface area contributed by atoms with Crippen molar-refractivity contribution in [2.75, 3.05) is 13.2 Å². The quantitative estimate of drug-likeness (QED) is 0.843. The molecule has 0 aromatic heterocycles. The molecular formula is C15H22O3. The van der Waals surface area contributed by atoms with Crippen LogP contribution in [-0.4, -0.2) is 24.4 Å². The molecule has 0 bridgehead atoms. The fourth-order valence-electron chi connectivity index (χ4n) is 2.52. The number of aliphatic hydroxyl groups excluding tert-OH is 1. The molecule has 1 aliphatic rings. The molecule has 2 unspecified atom stereocenters. The van der Waals surface area contributed by atoms with E-state index in [1.54, 1.807) is 0 Å². The Labute approximate surface area is 109 Å². The van der Waals surface area contributed by atoms with Crippen LogP contribution in [0.15, 0.2) is 24.3 Å². The predicted octanol–water partition coefficient (Wildman–Crippen LogP) is 3.02. The van der Waals surface area contributed by atoms with Gasteiger partial charge in [-0.3, -0.25) is 0 Å². The zero-order valence-electron chi connectivity index (χ0n) is 11.0. The highest BCUT2D eigenvalue weighted by Crippen LogP contribution is 2.30. The molecule has 1 aromatic rings. The molecular weight excluding hydrogens is 228 g/mol. The van der Waals surface area contributed by atoms with Gasteiger partial charge in [-0.1, -0.05) is 18.6 Å². The van der Waals surface area contributed by atoms with Gasteiger partial charge in [-0.15, -0.1) is 0 Å². The average molecular weight is 250 g/mol. The molecule has 3 nitrogen and oxygen atoms in total. The zero-order valence-corrected chi connectivity index (χ0v) is 11.0. The molecule has 18 heavy (non-hydrogen) atoms. The number of hydrogen-bond donors (Lipinski definition) is 1. The van der Waals surface area contributed by atoms with E-state index >= 15 is 0 Å². The summed E-state index contributed by atoms with van der Waals surface area (Å²) in [5, 5.41) is 9.74. The van der Waals surface area contributed by atoms with Gasteiger partial charge >= 0.3 is 0 Å². The Morgan fingerprint density at radius 3 is 2.50 bits per heavy atom. The summed E-state index contributed by atoms with van der Waals surface area (Å²) in [5.41, 5.74) is 0. The van der Waals surface area contributed by atoms with Gasteiger partial charge in [0.2, 0.25) is 0 Å². The summed E-state index contributed by atoms with van der Waals surface area (Å²) >= 11 is 0. The first-order valence-electron chi connectivity index (χ1n) is 6.84. The van der Waals surface area contributed by atoms with Gasteiger partial charge in [0, 0.05) is 0 Å². The van der Waals surface area contributed by atoms with E-state index in [-0.39, 0.29) is 6.10 Å². The fourth-order valence-corrected chi connectivity index (χ4v) is 2.52. The SMILES string of the molecule is CCOc1ccccc1OCCC1CCCC1O. The molecule has 1 saturated carbocycles. The Bertz CT molecular complexity index is 365. The van der Waals surface area contributed by atoms with Crippen molar-refractivity contribution in [2.45, 2.75) is 38.7 Å². The summed E-state index contributed by atoms with van der Waals surface area (Å²) in [6.07, 6.45) is 4.00. The number of aliphatic hydroxyl groups is 1. The van der Waals surface area contributed by atoms with Crippen molar-refractivity contribution in [3.05, 3.63) is 24.3 Å². The van der Waals surface area contributed by atoms with E-state index in [1.807, 2.05) is 31.2 Å². The van der Waals surface area contributed by atoms with Crippen LogP contribution in [0.3, 0.4) is 0 Å². The lowest BCUT2D eigenvalue weighted by molar-refractivity contribution is 0.116. The summed E-state index contributed by atoms with van der Waals surface area (Å²) < 4.78 is 11.3. The molecule has 0 spiro atoms. The third kappa shape index (κ3) is 3.39. The maximum absolute atomic E-state index is 9.74. The van der Waals surface area contributed by atoms with Gasteiger partial charge in [-0.25, -0.2) is 0 Å². The summed E-state index contributed by atoms with van der Waals surface area (Å²) in [5.74, 6) is 2.00. The van der Waals surface area contributed by atoms with Gasteiger partial charge in [0.1, 0.15) is 0 Å². The van der Waals surface area contributed by atoms with Crippen molar-refractivity contribution >= 4 is 0 Å². The Balaban J connectivity index is 1.82. The molecule has 1 N–H and O–H groups in total. The van der Waals surface area contributed by atoms with Crippen molar-refractivity contribution in [2.24, 2.45) is 5.92 Å². The number of hydrogen-bond acceptors (Lipinski definition) is 3. The molecule has 0 saturated heterocycles. The standard InChI is InChI=1S/C15H22O3/c1-2-17-14-8-3-4-9-15(14)18-11-10-12-6-5-7-13(12)16/h3-4,8-9,12-13,16H,2,5-7,10-11H2,1H3. The number of ether oxygens (including phenoxy) is 2. The first-order valence-corrected chi connectivity index (χ1v) is 6.84. The van der Waals surface area contributed by atoms with E-state index in [9.17, 15) is 5.11 Å². The van der Waals surface area contributed by atoms with Crippen molar-refractivity contribution in [3.63, 3.8) is 0 Å². The van der Waals surface area contributed by atoms with Gasteiger partial charge in [0.15, 0.2) is 11.5 Å². The molecule has 2 atom stereocenters. The van der Waals surface area contributed by atoms with Crippen molar-refractivity contribution in [3.8, 4) is 11.5 Å². The van der Waals surface area contributed by atoms with Crippen LogP contribution < -0.4 is 9.47 Å². The third-order valence-electron chi connectivity index (χ3n) is 3.51. The second-order valence-corrected chi connectivity index (χ2v) is 4.78. The minimum absolute atomic E-state index is 0.129. The molecule has 0 amide bonds. The van der Waals surface area contributed by atoms with Crippen LogP contribution in [0.1, 0.15) is 32.6 Å². The van der Waals surface area contributed by atoms with Gasteiger partial charge < -0.3 is 14.6 Å².